The maximum absolute atomic E-state index is 12.3. The highest BCUT2D eigenvalue weighted by Gasteiger charge is 2.48. The van der Waals surface area contributed by atoms with Gasteiger partial charge in [0, 0.05) is 5.56 Å². The molecule has 1 fully saturated rings. The van der Waals surface area contributed by atoms with E-state index in [9.17, 15) is 14.4 Å². The minimum Gasteiger partial charge on any atom is -0.345 e. The summed E-state index contributed by atoms with van der Waals surface area (Å²) in [6.07, 6.45) is 2.47. The van der Waals surface area contributed by atoms with E-state index in [0.717, 1.165) is 5.57 Å². The van der Waals surface area contributed by atoms with Crippen LogP contribution in [0.3, 0.4) is 0 Å². The van der Waals surface area contributed by atoms with E-state index in [-0.39, 0.29) is 23.6 Å². The van der Waals surface area contributed by atoms with Crippen molar-refractivity contribution >= 4 is 17.7 Å². The molecule has 3 amide bonds. The molecule has 0 radical (unpaired) electrons. The van der Waals surface area contributed by atoms with Crippen LogP contribution in [0.2, 0.25) is 0 Å². The highest BCUT2D eigenvalue weighted by Crippen LogP contribution is 2.34. The van der Waals surface area contributed by atoms with Crippen molar-refractivity contribution in [1.29, 1.82) is 0 Å². The van der Waals surface area contributed by atoms with Crippen molar-refractivity contribution in [2.45, 2.75) is 19.4 Å². The number of amides is 3. The maximum atomic E-state index is 12.3. The maximum Gasteiger partial charge on any atom is 0.251 e. The Bertz CT molecular complexity index is 636. The van der Waals surface area contributed by atoms with Gasteiger partial charge in [0.05, 0.1) is 17.9 Å². The van der Waals surface area contributed by atoms with Crippen LogP contribution in [0.15, 0.2) is 42.0 Å². The van der Waals surface area contributed by atoms with Crippen LogP contribution in [0.1, 0.15) is 23.7 Å². The second kappa shape index (κ2) is 5.16. The van der Waals surface area contributed by atoms with E-state index in [1.54, 1.807) is 24.3 Å². The van der Waals surface area contributed by atoms with E-state index in [0.29, 0.717) is 12.0 Å². The summed E-state index contributed by atoms with van der Waals surface area (Å²) in [7, 11) is 0. The van der Waals surface area contributed by atoms with Crippen molar-refractivity contribution in [2.75, 3.05) is 0 Å². The van der Waals surface area contributed by atoms with Gasteiger partial charge in [0.1, 0.15) is 0 Å². The van der Waals surface area contributed by atoms with Crippen LogP contribution in [0, 0.1) is 11.8 Å². The lowest BCUT2D eigenvalue weighted by atomic mass is 9.77. The summed E-state index contributed by atoms with van der Waals surface area (Å²) in [4.78, 5) is 36.0. The van der Waals surface area contributed by atoms with Crippen molar-refractivity contribution in [3.05, 3.63) is 47.5 Å². The molecule has 2 aliphatic rings. The molecule has 0 spiro atoms. The molecule has 0 aromatic heterocycles. The van der Waals surface area contributed by atoms with E-state index in [1.807, 2.05) is 19.1 Å². The van der Waals surface area contributed by atoms with Gasteiger partial charge in [-0.1, -0.05) is 29.8 Å². The zero-order valence-corrected chi connectivity index (χ0v) is 11.6. The predicted molar refractivity (Wildman–Crippen MR) is 76.2 cm³/mol. The fourth-order valence-electron chi connectivity index (χ4n) is 3.02. The molecule has 1 aliphatic heterocycles. The Balaban J connectivity index is 1.85. The van der Waals surface area contributed by atoms with Gasteiger partial charge in [0.2, 0.25) is 11.8 Å². The van der Waals surface area contributed by atoms with Crippen LogP contribution in [0.4, 0.5) is 0 Å². The number of nitrogens with one attached hydrogen (secondary N) is 2. The number of carbonyl (C=O) groups is 3. The van der Waals surface area contributed by atoms with Gasteiger partial charge >= 0.3 is 0 Å². The lowest BCUT2D eigenvalue weighted by Crippen LogP contribution is -2.47. The molecular formula is C16H16N2O3. The van der Waals surface area contributed by atoms with Gasteiger partial charge in [0.25, 0.3) is 5.91 Å². The predicted octanol–water partition coefficient (Wildman–Crippen LogP) is 1.02. The van der Waals surface area contributed by atoms with Crippen molar-refractivity contribution < 1.29 is 14.4 Å². The zero-order valence-electron chi connectivity index (χ0n) is 11.6. The Morgan fingerprint density at radius 3 is 2.62 bits per heavy atom. The fraction of sp³-hybridized carbons (Fsp3) is 0.312. The molecule has 5 nitrogen and oxygen atoms in total. The van der Waals surface area contributed by atoms with E-state index in [4.69, 9.17) is 0 Å². The highest BCUT2D eigenvalue weighted by atomic mass is 16.2. The van der Waals surface area contributed by atoms with Crippen molar-refractivity contribution in [2.24, 2.45) is 11.8 Å². The minimum atomic E-state index is -0.504. The summed E-state index contributed by atoms with van der Waals surface area (Å²) in [6, 6.07) is 8.41. The Hall–Kier alpha value is -2.43. The molecule has 5 heteroatoms. The van der Waals surface area contributed by atoms with Crippen molar-refractivity contribution in [3.8, 4) is 0 Å². The molecule has 0 saturated carbocycles. The van der Waals surface area contributed by atoms with Gasteiger partial charge in [-0.2, -0.15) is 0 Å². The summed E-state index contributed by atoms with van der Waals surface area (Å²) in [5.41, 5.74) is 1.46. The molecule has 3 atom stereocenters. The van der Waals surface area contributed by atoms with Crippen molar-refractivity contribution in [1.82, 2.24) is 10.6 Å². The van der Waals surface area contributed by atoms with Crippen LogP contribution >= 0.6 is 0 Å². The zero-order chi connectivity index (χ0) is 15.0. The first kappa shape index (κ1) is 13.5. The number of hydrogen-bond acceptors (Lipinski definition) is 3. The smallest absolute Gasteiger partial charge is 0.251 e. The van der Waals surface area contributed by atoms with Gasteiger partial charge in [0.15, 0.2) is 0 Å². The summed E-state index contributed by atoms with van der Waals surface area (Å²) in [5, 5.41) is 5.25. The van der Waals surface area contributed by atoms with Crippen LogP contribution in [0.25, 0.3) is 0 Å². The third-order valence-electron chi connectivity index (χ3n) is 4.19. The number of fused-ring (bicyclic) bond motifs is 1. The molecule has 2 N–H and O–H groups in total. The molecule has 108 valence electrons. The second-order valence-electron chi connectivity index (χ2n) is 5.49. The number of allylic oxidation sites excluding steroid dienone is 1. The quantitative estimate of drug-likeness (QED) is 0.629. The molecule has 1 heterocycles. The molecule has 1 aliphatic carbocycles. The second-order valence-corrected chi connectivity index (χ2v) is 5.49. The van der Waals surface area contributed by atoms with Crippen molar-refractivity contribution in [3.63, 3.8) is 0 Å². The third kappa shape index (κ3) is 2.35. The molecule has 0 bridgehead atoms. The number of rotatable bonds is 2. The third-order valence-corrected chi connectivity index (χ3v) is 4.19. The Kier molecular flexibility index (Phi) is 3.33. The van der Waals surface area contributed by atoms with Crippen LogP contribution < -0.4 is 10.6 Å². The number of imide groups is 1. The van der Waals surface area contributed by atoms with Gasteiger partial charge in [-0.15, -0.1) is 0 Å². The highest BCUT2D eigenvalue weighted by molar-refractivity contribution is 6.06. The molecule has 3 rings (SSSR count). The van der Waals surface area contributed by atoms with Gasteiger partial charge in [-0.05, 0) is 25.5 Å². The van der Waals surface area contributed by atoms with Gasteiger partial charge in [-0.25, -0.2) is 0 Å². The van der Waals surface area contributed by atoms with E-state index >= 15 is 0 Å². The Morgan fingerprint density at radius 1 is 1.19 bits per heavy atom. The SMILES string of the molecule is CC1=CC[C@@H]2C(=O)NC(=O)[C@@H]2[C@@H]1NC(=O)c1ccccc1. The normalized spacial score (nSPS) is 27.7. The van der Waals surface area contributed by atoms with Crippen LogP contribution in [0.5, 0.6) is 0 Å². The Labute approximate surface area is 122 Å². The minimum absolute atomic E-state index is 0.235. The summed E-state index contributed by atoms with van der Waals surface area (Å²) in [5.74, 6) is -1.65. The Morgan fingerprint density at radius 2 is 1.90 bits per heavy atom. The first-order valence-electron chi connectivity index (χ1n) is 6.95. The summed E-state index contributed by atoms with van der Waals surface area (Å²) in [6.45, 7) is 1.88. The molecule has 1 aromatic carbocycles. The fourth-order valence-corrected chi connectivity index (χ4v) is 3.02. The van der Waals surface area contributed by atoms with Crippen LogP contribution in [-0.4, -0.2) is 23.8 Å². The molecular weight excluding hydrogens is 268 g/mol. The monoisotopic (exact) mass is 284 g/mol. The van der Waals surface area contributed by atoms with Crippen LogP contribution in [-0.2, 0) is 9.59 Å². The lowest BCUT2D eigenvalue weighted by molar-refractivity contribution is -0.126. The van der Waals surface area contributed by atoms with Gasteiger partial charge in [-0.3, -0.25) is 19.7 Å². The molecule has 21 heavy (non-hydrogen) atoms. The first-order valence-corrected chi connectivity index (χ1v) is 6.95. The molecule has 0 unspecified atom stereocenters. The number of carbonyl (C=O) groups excluding carboxylic acids is 3. The summed E-state index contributed by atoms with van der Waals surface area (Å²) < 4.78 is 0. The number of benzene rings is 1. The largest absolute Gasteiger partial charge is 0.345 e. The molecule has 1 aromatic rings. The average molecular weight is 284 g/mol. The van der Waals surface area contributed by atoms with E-state index in [1.165, 1.54) is 0 Å². The van der Waals surface area contributed by atoms with E-state index in [2.05, 4.69) is 10.6 Å². The topological polar surface area (TPSA) is 75.3 Å². The summed E-state index contributed by atoms with van der Waals surface area (Å²) >= 11 is 0. The van der Waals surface area contributed by atoms with Gasteiger partial charge < -0.3 is 5.32 Å². The lowest BCUT2D eigenvalue weighted by Gasteiger charge is -2.30. The number of hydrogen-bond donors (Lipinski definition) is 2. The first-order chi connectivity index (χ1) is 10.1. The standard InChI is InChI=1S/C16H16N2O3/c1-9-7-8-11-12(16(21)18-15(11)20)13(9)17-14(19)10-5-3-2-4-6-10/h2-7,11-13H,8H2,1H3,(H,17,19)(H,18,20,21)/t11-,12-,13+/m0/s1. The average Bonchev–Trinajstić information content (AvgIpc) is 2.77. The van der Waals surface area contributed by atoms with E-state index < -0.39 is 12.0 Å². The molecule has 1 saturated heterocycles.